The number of benzene rings is 7. The lowest BCUT2D eigenvalue weighted by Gasteiger charge is -2.26. The van der Waals surface area contributed by atoms with Crippen LogP contribution in [-0.2, 0) is 0 Å². The molecule has 2 unspecified atom stereocenters. The van der Waals surface area contributed by atoms with E-state index in [1.54, 1.807) is 6.08 Å². The molecule has 0 spiro atoms. The van der Waals surface area contributed by atoms with E-state index in [0.717, 1.165) is 52.3 Å². The maximum absolute atomic E-state index is 4.50. The van der Waals surface area contributed by atoms with Gasteiger partial charge in [-0.2, -0.15) is 0 Å². The summed E-state index contributed by atoms with van der Waals surface area (Å²) < 4.78 is 4.81. The molecular weight excluding hydrogens is 811 g/mol. The molecule has 322 valence electrons. The van der Waals surface area contributed by atoms with Crippen molar-refractivity contribution in [3.63, 3.8) is 0 Å². The summed E-state index contributed by atoms with van der Waals surface area (Å²) in [5, 5.41) is 6.48. The number of rotatable bonds is 12. The molecule has 67 heavy (non-hydrogen) atoms. The van der Waals surface area contributed by atoms with E-state index in [4.69, 9.17) is 0 Å². The molecule has 9 aromatic rings. The fraction of sp³-hybridized carbons (Fsp3) is 0.0625. The van der Waals surface area contributed by atoms with Crippen LogP contribution in [0.3, 0.4) is 0 Å². The third-order valence-electron chi connectivity index (χ3n) is 13.4. The Morgan fingerprint density at radius 3 is 2.00 bits per heavy atom. The van der Waals surface area contributed by atoms with Crippen LogP contribution >= 0.6 is 0 Å². The van der Waals surface area contributed by atoms with E-state index in [0.29, 0.717) is 11.8 Å². The first-order valence-corrected chi connectivity index (χ1v) is 23.2. The summed E-state index contributed by atoms with van der Waals surface area (Å²) in [5.74, 6) is 0.667. The van der Waals surface area contributed by atoms with Crippen molar-refractivity contribution >= 4 is 67.9 Å². The van der Waals surface area contributed by atoms with Crippen LogP contribution in [0.4, 0.5) is 11.4 Å². The summed E-state index contributed by atoms with van der Waals surface area (Å²) >= 11 is 0. The predicted molar refractivity (Wildman–Crippen MR) is 286 cm³/mol. The van der Waals surface area contributed by atoms with Gasteiger partial charge in [0.15, 0.2) is 0 Å². The van der Waals surface area contributed by atoms with Gasteiger partial charge in [0.1, 0.15) is 0 Å². The Morgan fingerprint density at radius 1 is 0.567 bits per heavy atom. The highest BCUT2D eigenvalue weighted by Gasteiger charge is 2.21. The third kappa shape index (κ3) is 7.85. The number of anilines is 2. The number of fused-ring (bicyclic) bond motifs is 6. The second-order valence-electron chi connectivity index (χ2n) is 17.5. The highest BCUT2D eigenvalue weighted by molar-refractivity contribution is 6.09. The zero-order chi connectivity index (χ0) is 45.3. The van der Waals surface area contributed by atoms with E-state index >= 15 is 0 Å². The maximum atomic E-state index is 4.50. The molecule has 2 aromatic heterocycles. The zero-order valence-corrected chi connectivity index (χ0v) is 37.5. The first-order valence-electron chi connectivity index (χ1n) is 23.2. The van der Waals surface area contributed by atoms with Crippen LogP contribution in [0.15, 0.2) is 249 Å². The molecule has 0 bridgehead atoms. The summed E-state index contributed by atoms with van der Waals surface area (Å²) in [6.07, 6.45) is 24.1. The number of hydrogen-bond acceptors (Lipinski definition) is 1. The summed E-state index contributed by atoms with van der Waals surface area (Å²) in [5.41, 5.74) is 14.7. The molecule has 3 nitrogen and oxygen atoms in total. The monoisotopic (exact) mass is 861 g/mol. The Bertz CT molecular complexity index is 3630. The van der Waals surface area contributed by atoms with Gasteiger partial charge in [-0.05, 0) is 120 Å². The molecule has 0 fully saturated rings. The van der Waals surface area contributed by atoms with Crippen molar-refractivity contribution in [2.45, 2.75) is 18.8 Å². The minimum Gasteiger partial charge on any atom is -0.311 e. The Balaban J connectivity index is 0.830. The zero-order valence-electron chi connectivity index (χ0n) is 37.5. The number of para-hydroxylation sites is 4. The van der Waals surface area contributed by atoms with Crippen LogP contribution in [0.5, 0.6) is 0 Å². The lowest BCUT2D eigenvalue weighted by molar-refractivity contribution is 0.786. The van der Waals surface area contributed by atoms with Crippen molar-refractivity contribution in [3.8, 4) is 11.4 Å². The number of nitrogens with zero attached hydrogens (tertiary/aromatic N) is 3. The standard InChI is InChI=1S/C64H51N3/c1-4-5-17-47-18-16-23-56(42-47)65(53-19-8-6-9-20-53)46(3)29-28-45(2)48-34-38-55(39-35-48)67-62-27-15-13-25-58(62)60-44-52(37-41-64(60)67)50-32-30-49(31-33-50)51-36-40-63-59(43-51)57-24-12-14-26-61(57)66(63)54-21-10-7-11-22-54/h4-32,34-35,37-44,50-51H,1-3,33,36H2/b17-5-,29-28-. The third-order valence-corrected chi connectivity index (χ3v) is 13.4. The molecule has 0 saturated heterocycles. The molecule has 2 aliphatic rings. The molecule has 0 aliphatic heterocycles. The molecule has 3 heteroatoms. The van der Waals surface area contributed by atoms with Gasteiger partial charge >= 0.3 is 0 Å². The van der Waals surface area contributed by atoms with Crippen molar-refractivity contribution < 1.29 is 0 Å². The molecular formula is C64H51N3. The summed E-state index contributed by atoms with van der Waals surface area (Å²) in [7, 11) is 0. The van der Waals surface area contributed by atoms with Gasteiger partial charge in [-0.1, -0.05) is 178 Å². The molecule has 0 N–H and O–H groups in total. The van der Waals surface area contributed by atoms with Crippen molar-refractivity contribution in [3.05, 3.63) is 277 Å². The average molecular weight is 862 g/mol. The molecule has 7 aromatic carbocycles. The number of hydrogen-bond donors (Lipinski definition) is 0. The largest absolute Gasteiger partial charge is 0.311 e. The molecule has 2 aliphatic carbocycles. The average Bonchev–Trinajstić information content (AvgIpc) is 3.90. The number of aromatic nitrogens is 2. The molecule has 2 atom stereocenters. The van der Waals surface area contributed by atoms with E-state index in [-0.39, 0.29) is 0 Å². The van der Waals surface area contributed by atoms with Gasteiger partial charge in [0.25, 0.3) is 0 Å². The van der Waals surface area contributed by atoms with Gasteiger partial charge in [0, 0.05) is 67.0 Å². The Labute approximate surface area is 392 Å². The second-order valence-corrected chi connectivity index (χ2v) is 17.5. The summed E-state index contributed by atoms with van der Waals surface area (Å²) in [6.45, 7) is 12.8. The van der Waals surface area contributed by atoms with Gasteiger partial charge in [-0.15, -0.1) is 0 Å². The van der Waals surface area contributed by atoms with Crippen LogP contribution < -0.4 is 15.5 Å². The lowest BCUT2D eigenvalue weighted by atomic mass is 9.83. The van der Waals surface area contributed by atoms with Gasteiger partial charge in [0.05, 0.1) is 16.6 Å². The van der Waals surface area contributed by atoms with Crippen molar-refractivity contribution in [1.82, 2.24) is 9.13 Å². The molecule has 11 rings (SSSR count). The number of allylic oxidation sites excluding steroid dienone is 9. The smallest absolute Gasteiger partial charge is 0.0541 e. The molecule has 0 amide bonds. The van der Waals surface area contributed by atoms with E-state index in [1.807, 2.05) is 18.2 Å². The Hall–Kier alpha value is -8.40. The Morgan fingerprint density at radius 2 is 1.24 bits per heavy atom. The highest BCUT2D eigenvalue weighted by atomic mass is 15.1. The van der Waals surface area contributed by atoms with Gasteiger partial charge in [-0.3, -0.25) is 0 Å². The quantitative estimate of drug-likeness (QED) is 0.112. The van der Waals surface area contributed by atoms with Crippen LogP contribution in [-0.4, -0.2) is 9.13 Å². The van der Waals surface area contributed by atoms with E-state index < -0.39 is 0 Å². The van der Waals surface area contributed by atoms with Crippen molar-refractivity contribution in [1.29, 1.82) is 0 Å². The summed E-state index contributed by atoms with van der Waals surface area (Å²) in [6, 6.07) is 62.9. The van der Waals surface area contributed by atoms with E-state index in [9.17, 15) is 0 Å². The highest BCUT2D eigenvalue weighted by Crippen LogP contribution is 2.38. The lowest BCUT2D eigenvalue weighted by Crippen LogP contribution is -2.32. The summed E-state index contributed by atoms with van der Waals surface area (Å²) in [4.78, 5) is 2.17. The fourth-order valence-corrected chi connectivity index (χ4v) is 10.1. The first-order chi connectivity index (χ1) is 33.0. The topological polar surface area (TPSA) is 13.1 Å². The fourth-order valence-electron chi connectivity index (χ4n) is 10.1. The van der Waals surface area contributed by atoms with Gasteiger partial charge < -0.3 is 14.0 Å². The van der Waals surface area contributed by atoms with E-state index in [2.05, 4.69) is 246 Å². The normalized spacial score (nSPS) is 15.7. The maximum Gasteiger partial charge on any atom is 0.0541 e. The molecule has 0 saturated carbocycles. The van der Waals surface area contributed by atoms with Crippen LogP contribution in [0.1, 0.15) is 35.4 Å². The molecule has 0 radical (unpaired) electrons. The van der Waals surface area contributed by atoms with Crippen LogP contribution in [0, 0.1) is 5.92 Å². The minimum absolute atomic E-state index is 0.317. The van der Waals surface area contributed by atoms with Crippen molar-refractivity contribution in [2.75, 3.05) is 4.90 Å². The van der Waals surface area contributed by atoms with Gasteiger partial charge in [0.2, 0.25) is 0 Å². The SMILES string of the molecule is C=C/C=C\c1cccc(N(C(=C)/C=C\C(=C)c2ccc(-n3c4ccccc4c4cc(C5C=CC(C6C=c7c(n(-c8ccccc8)c8ccccc78)=CC6)=CC5)ccc43)cc2)c2ccccc2)c1. The Kier molecular flexibility index (Phi) is 11.0. The second kappa shape index (κ2) is 17.9. The van der Waals surface area contributed by atoms with Crippen LogP contribution in [0.2, 0.25) is 0 Å². The van der Waals surface area contributed by atoms with Crippen LogP contribution in [0.25, 0.3) is 67.9 Å². The first kappa shape index (κ1) is 41.3. The van der Waals surface area contributed by atoms with Gasteiger partial charge in [-0.25, -0.2) is 0 Å². The van der Waals surface area contributed by atoms with E-state index in [1.165, 1.54) is 60.1 Å². The minimum atomic E-state index is 0.317. The molecule has 2 heterocycles. The van der Waals surface area contributed by atoms with Crippen molar-refractivity contribution in [2.24, 2.45) is 5.92 Å². The predicted octanol–water partition coefficient (Wildman–Crippen LogP) is 15.1.